The van der Waals surface area contributed by atoms with Crippen LogP contribution in [0.5, 0.6) is 0 Å². The Kier molecular flexibility index (Phi) is 3.27. The Morgan fingerprint density at radius 2 is 2.20 bits per heavy atom. The molecule has 8 heteroatoms. The van der Waals surface area contributed by atoms with Gasteiger partial charge in [-0.2, -0.15) is 10.2 Å². The fourth-order valence-electron chi connectivity index (χ4n) is 2.08. The summed E-state index contributed by atoms with van der Waals surface area (Å²) < 4.78 is 1.89. The van der Waals surface area contributed by atoms with Crippen LogP contribution in [0.2, 0.25) is 5.02 Å². The van der Waals surface area contributed by atoms with Crippen molar-refractivity contribution in [1.29, 1.82) is 0 Å². The lowest BCUT2D eigenvalue weighted by Crippen LogP contribution is -2.13. The van der Waals surface area contributed by atoms with Gasteiger partial charge < -0.3 is 5.32 Å². The van der Waals surface area contributed by atoms with Crippen LogP contribution in [0.3, 0.4) is 0 Å². The number of nitrogens with one attached hydrogen (secondary N) is 2. The van der Waals surface area contributed by atoms with E-state index in [0.717, 1.165) is 33.3 Å². The van der Waals surface area contributed by atoms with Crippen LogP contribution >= 0.6 is 11.6 Å². The quantitative estimate of drug-likeness (QED) is 0.767. The summed E-state index contributed by atoms with van der Waals surface area (Å²) in [5.41, 5.74) is 2.54. The molecule has 0 bridgehead atoms. The molecule has 3 rings (SSSR count). The van der Waals surface area contributed by atoms with Gasteiger partial charge in [0.15, 0.2) is 5.65 Å². The number of aryl methyl sites for hydroxylation is 1. The molecular weight excluding hydrogens is 278 g/mol. The van der Waals surface area contributed by atoms with E-state index in [-0.39, 0.29) is 0 Å². The van der Waals surface area contributed by atoms with Crippen LogP contribution in [-0.2, 0) is 6.54 Å². The SMILES string of the molecule is Cc1nn(CCNc2ncnc3[nH]ncc23)c(C)c1Cl. The standard InChI is InChI=1S/C12H14ClN7/c1-7-10(13)8(2)20(19-7)4-3-14-11-9-5-17-18-12(9)16-6-15-11/h5-6H,3-4H2,1-2H3,(H2,14,15,16,17,18). The smallest absolute Gasteiger partial charge is 0.160 e. The molecule has 0 atom stereocenters. The monoisotopic (exact) mass is 291 g/mol. The zero-order valence-electron chi connectivity index (χ0n) is 11.2. The van der Waals surface area contributed by atoms with Crippen molar-refractivity contribution in [3.05, 3.63) is 28.9 Å². The van der Waals surface area contributed by atoms with E-state index in [4.69, 9.17) is 11.6 Å². The fraction of sp³-hybridized carbons (Fsp3) is 0.333. The largest absolute Gasteiger partial charge is 0.367 e. The van der Waals surface area contributed by atoms with E-state index in [1.807, 2.05) is 18.5 Å². The molecule has 20 heavy (non-hydrogen) atoms. The van der Waals surface area contributed by atoms with Crippen molar-refractivity contribution >= 4 is 28.5 Å². The average molecular weight is 292 g/mol. The minimum absolute atomic E-state index is 0.690. The molecule has 7 nitrogen and oxygen atoms in total. The van der Waals surface area contributed by atoms with E-state index < -0.39 is 0 Å². The maximum Gasteiger partial charge on any atom is 0.160 e. The number of aromatic nitrogens is 6. The van der Waals surface area contributed by atoms with Gasteiger partial charge in [-0.3, -0.25) is 9.78 Å². The first-order chi connectivity index (χ1) is 9.66. The van der Waals surface area contributed by atoms with Crippen LogP contribution in [0.4, 0.5) is 5.82 Å². The molecule has 3 heterocycles. The molecule has 104 valence electrons. The maximum atomic E-state index is 6.12. The lowest BCUT2D eigenvalue weighted by atomic mass is 10.4. The molecule has 0 saturated heterocycles. The Bertz CT molecular complexity index is 745. The molecule has 0 fully saturated rings. The van der Waals surface area contributed by atoms with Crippen molar-refractivity contribution in [1.82, 2.24) is 29.9 Å². The van der Waals surface area contributed by atoms with Gasteiger partial charge in [0.1, 0.15) is 12.1 Å². The van der Waals surface area contributed by atoms with E-state index in [0.29, 0.717) is 13.1 Å². The molecule has 0 spiro atoms. The number of anilines is 1. The number of hydrogen-bond acceptors (Lipinski definition) is 5. The van der Waals surface area contributed by atoms with Gasteiger partial charge in [0, 0.05) is 6.54 Å². The number of fused-ring (bicyclic) bond motifs is 1. The number of hydrogen-bond donors (Lipinski definition) is 2. The second-order valence-corrected chi connectivity index (χ2v) is 4.87. The average Bonchev–Trinajstić information content (AvgIpc) is 3.01. The highest BCUT2D eigenvalue weighted by atomic mass is 35.5. The van der Waals surface area contributed by atoms with Crippen molar-refractivity contribution in [2.24, 2.45) is 0 Å². The fourth-order valence-corrected chi connectivity index (χ4v) is 2.21. The van der Waals surface area contributed by atoms with Gasteiger partial charge in [-0.05, 0) is 13.8 Å². The van der Waals surface area contributed by atoms with E-state index in [1.165, 1.54) is 6.33 Å². The number of H-pyrrole nitrogens is 1. The molecular formula is C12H14ClN7. The van der Waals surface area contributed by atoms with Gasteiger partial charge >= 0.3 is 0 Å². The van der Waals surface area contributed by atoms with Gasteiger partial charge in [0.05, 0.1) is 34.5 Å². The molecule has 3 aromatic heterocycles. The van der Waals surface area contributed by atoms with Crippen molar-refractivity contribution < 1.29 is 0 Å². The van der Waals surface area contributed by atoms with E-state index >= 15 is 0 Å². The van der Waals surface area contributed by atoms with Crippen molar-refractivity contribution in [2.75, 3.05) is 11.9 Å². The van der Waals surface area contributed by atoms with E-state index in [2.05, 4.69) is 30.6 Å². The third-order valence-electron chi connectivity index (χ3n) is 3.16. The highest BCUT2D eigenvalue weighted by Gasteiger charge is 2.09. The summed E-state index contributed by atoms with van der Waals surface area (Å²) in [5, 5.41) is 16.0. The third-order valence-corrected chi connectivity index (χ3v) is 3.70. The van der Waals surface area contributed by atoms with Gasteiger partial charge in [-0.25, -0.2) is 9.97 Å². The summed E-state index contributed by atoms with van der Waals surface area (Å²) in [7, 11) is 0. The van der Waals surface area contributed by atoms with Crippen molar-refractivity contribution in [3.8, 4) is 0 Å². The number of halogens is 1. The Hall–Kier alpha value is -2.15. The van der Waals surface area contributed by atoms with Crippen LogP contribution in [0.1, 0.15) is 11.4 Å². The zero-order valence-corrected chi connectivity index (χ0v) is 11.9. The molecule has 2 N–H and O–H groups in total. The van der Waals surface area contributed by atoms with Crippen LogP contribution in [0.15, 0.2) is 12.5 Å². The lowest BCUT2D eigenvalue weighted by Gasteiger charge is -2.07. The summed E-state index contributed by atoms with van der Waals surface area (Å²) in [6.07, 6.45) is 3.21. The summed E-state index contributed by atoms with van der Waals surface area (Å²) in [4.78, 5) is 8.31. The molecule has 0 aliphatic carbocycles. The Balaban J connectivity index is 1.71. The van der Waals surface area contributed by atoms with Crippen LogP contribution in [-0.4, -0.2) is 36.5 Å². The first kappa shape index (κ1) is 12.9. The van der Waals surface area contributed by atoms with Gasteiger partial charge in [-0.15, -0.1) is 0 Å². The van der Waals surface area contributed by atoms with E-state index in [1.54, 1.807) is 6.20 Å². The first-order valence-corrected chi connectivity index (χ1v) is 6.62. The predicted octanol–water partition coefficient (Wildman–Crippen LogP) is 1.93. The molecule has 0 saturated carbocycles. The topological polar surface area (TPSA) is 84.3 Å². The second-order valence-electron chi connectivity index (χ2n) is 4.49. The summed E-state index contributed by atoms with van der Waals surface area (Å²) in [6.45, 7) is 5.26. The van der Waals surface area contributed by atoms with Gasteiger partial charge in [0.2, 0.25) is 0 Å². The Morgan fingerprint density at radius 1 is 1.35 bits per heavy atom. The molecule has 3 aromatic rings. The number of nitrogens with zero attached hydrogens (tertiary/aromatic N) is 5. The molecule has 0 amide bonds. The summed E-state index contributed by atoms with van der Waals surface area (Å²) in [6, 6.07) is 0. The van der Waals surface area contributed by atoms with Crippen molar-refractivity contribution in [3.63, 3.8) is 0 Å². The van der Waals surface area contributed by atoms with Crippen LogP contribution in [0, 0.1) is 13.8 Å². The van der Waals surface area contributed by atoms with E-state index in [9.17, 15) is 0 Å². The Labute approximate surface area is 120 Å². The Morgan fingerprint density at radius 3 is 2.95 bits per heavy atom. The highest BCUT2D eigenvalue weighted by molar-refractivity contribution is 6.31. The first-order valence-electron chi connectivity index (χ1n) is 6.24. The molecule has 0 unspecified atom stereocenters. The summed E-state index contributed by atoms with van der Waals surface area (Å²) >= 11 is 6.12. The summed E-state index contributed by atoms with van der Waals surface area (Å²) in [5.74, 6) is 0.761. The minimum Gasteiger partial charge on any atom is -0.367 e. The van der Waals surface area contributed by atoms with Gasteiger partial charge in [0.25, 0.3) is 0 Å². The highest BCUT2D eigenvalue weighted by Crippen LogP contribution is 2.19. The van der Waals surface area contributed by atoms with Gasteiger partial charge in [-0.1, -0.05) is 11.6 Å². The lowest BCUT2D eigenvalue weighted by molar-refractivity contribution is 0.614. The molecule has 0 radical (unpaired) electrons. The minimum atomic E-state index is 0.690. The third kappa shape index (κ3) is 2.20. The van der Waals surface area contributed by atoms with Crippen LogP contribution in [0.25, 0.3) is 11.0 Å². The zero-order chi connectivity index (χ0) is 14.1. The van der Waals surface area contributed by atoms with Crippen LogP contribution < -0.4 is 5.32 Å². The molecule has 0 aliphatic rings. The maximum absolute atomic E-state index is 6.12. The second kappa shape index (κ2) is 5.09. The normalized spacial score (nSPS) is 11.2. The van der Waals surface area contributed by atoms with Crippen molar-refractivity contribution in [2.45, 2.75) is 20.4 Å². The predicted molar refractivity (Wildman–Crippen MR) is 76.9 cm³/mol. The molecule has 0 aliphatic heterocycles. The number of aromatic amines is 1. The number of rotatable bonds is 4. The molecule has 0 aromatic carbocycles.